The predicted octanol–water partition coefficient (Wildman–Crippen LogP) is 2.39. The minimum absolute atomic E-state index is 0.746. The number of hydrogen-bond donors (Lipinski definition) is 1. The van der Waals surface area contributed by atoms with Crippen LogP contribution in [0.4, 0.5) is 0 Å². The van der Waals surface area contributed by atoms with Crippen LogP contribution in [0.15, 0.2) is 42.5 Å². The lowest BCUT2D eigenvalue weighted by Gasteiger charge is -2.27. The fourth-order valence-corrected chi connectivity index (χ4v) is 3.41. The van der Waals surface area contributed by atoms with E-state index in [0.717, 1.165) is 18.6 Å². The lowest BCUT2D eigenvalue weighted by Crippen LogP contribution is -2.42. The summed E-state index contributed by atoms with van der Waals surface area (Å²) < 4.78 is 0. The first-order valence-corrected chi connectivity index (χ1v) is 6.83. The Morgan fingerprint density at radius 3 is 2.78 bits per heavy atom. The molecular formula is C16H18N2. The Morgan fingerprint density at radius 2 is 2.00 bits per heavy atom. The number of piperazine rings is 1. The van der Waals surface area contributed by atoms with Gasteiger partial charge in [0, 0.05) is 31.7 Å². The molecule has 0 aliphatic carbocycles. The Morgan fingerprint density at radius 1 is 1.11 bits per heavy atom. The summed E-state index contributed by atoms with van der Waals surface area (Å²) in [6, 6.07) is 17.0. The van der Waals surface area contributed by atoms with Crippen LogP contribution in [-0.4, -0.2) is 30.1 Å². The molecular weight excluding hydrogens is 220 g/mol. The Hall–Kier alpha value is -1.38. The molecule has 2 aliphatic heterocycles. The van der Waals surface area contributed by atoms with E-state index in [9.17, 15) is 0 Å². The van der Waals surface area contributed by atoms with Crippen LogP contribution in [-0.2, 0) is 6.54 Å². The monoisotopic (exact) mass is 238 g/mol. The second-order valence-corrected chi connectivity index (χ2v) is 5.61. The highest BCUT2D eigenvalue weighted by molar-refractivity contribution is 5.82. The Bertz CT molecular complexity index is 578. The quantitative estimate of drug-likeness (QED) is 0.864. The van der Waals surface area contributed by atoms with Crippen molar-refractivity contribution in [3.8, 4) is 0 Å². The fourth-order valence-electron chi connectivity index (χ4n) is 3.41. The summed E-state index contributed by atoms with van der Waals surface area (Å²) in [6.45, 7) is 3.50. The molecule has 4 rings (SSSR count). The van der Waals surface area contributed by atoms with Crippen LogP contribution in [0.3, 0.4) is 0 Å². The molecule has 2 atom stereocenters. The average Bonchev–Trinajstić information content (AvgIpc) is 3.01. The molecule has 0 radical (unpaired) electrons. The van der Waals surface area contributed by atoms with Crippen LogP contribution in [0, 0.1) is 0 Å². The van der Waals surface area contributed by atoms with Crippen LogP contribution >= 0.6 is 0 Å². The summed E-state index contributed by atoms with van der Waals surface area (Å²) in [6.07, 6.45) is 1.34. The van der Waals surface area contributed by atoms with Gasteiger partial charge in [0.1, 0.15) is 0 Å². The van der Waals surface area contributed by atoms with E-state index >= 15 is 0 Å². The fraction of sp³-hybridized carbons (Fsp3) is 0.375. The first-order valence-electron chi connectivity index (χ1n) is 6.83. The van der Waals surface area contributed by atoms with Crippen molar-refractivity contribution in [1.82, 2.24) is 10.2 Å². The molecule has 0 amide bonds. The van der Waals surface area contributed by atoms with Gasteiger partial charge in [-0.15, -0.1) is 0 Å². The molecule has 0 spiro atoms. The van der Waals surface area contributed by atoms with Gasteiger partial charge in [0.05, 0.1) is 0 Å². The molecule has 2 bridgehead atoms. The molecule has 0 saturated carbocycles. The minimum Gasteiger partial charge on any atom is -0.311 e. The third-order valence-corrected chi connectivity index (χ3v) is 4.37. The maximum Gasteiger partial charge on any atom is 0.0240 e. The van der Waals surface area contributed by atoms with E-state index < -0.39 is 0 Å². The average molecular weight is 238 g/mol. The van der Waals surface area contributed by atoms with Gasteiger partial charge in [-0.05, 0) is 28.8 Å². The highest BCUT2D eigenvalue weighted by Crippen LogP contribution is 2.26. The van der Waals surface area contributed by atoms with Crippen molar-refractivity contribution >= 4 is 10.8 Å². The predicted molar refractivity (Wildman–Crippen MR) is 74.6 cm³/mol. The zero-order chi connectivity index (χ0) is 11.9. The lowest BCUT2D eigenvalue weighted by molar-refractivity contribution is 0.218. The van der Waals surface area contributed by atoms with Gasteiger partial charge in [0.15, 0.2) is 0 Å². The van der Waals surface area contributed by atoms with Crippen molar-refractivity contribution in [3.63, 3.8) is 0 Å². The highest BCUT2D eigenvalue weighted by Gasteiger charge is 2.37. The van der Waals surface area contributed by atoms with Gasteiger partial charge in [0.2, 0.25) is 0 Å². The Labute approximate surface area is 108 Å². The molecule has 2 nitrogen and oxygen atoms in total. The molecule has 2 saturated heterocycles. The van der Waals surface area contributed by atoms with Gasteiger partial charge in [-0.2, -0.15) is 0 Å². The van der Waals surface area contributed by atoms with Crippen LogP contribution in [0.1, 0.15) is 12.0 Å². The van der Waals surface area contributed by atoms with Crippen LogP contribution in [0.5, 0.6) is 0 Å². The molecule has 18 heavy (non-hydrogen) atoms. The highest BCUT2D eigenvalue weighted by atomic mass is 15.3. The SMILES string of the molecule is c1ccc2cc(CN3C[C@@H]4C[C@@H]3CN4)ccc2c1. The first-order chi connectivity index (χ1) is 8.88. The first kappa shape index (κ1) is 10.5. The van der Waals surface area contributed by atoms with E-state index in [4.69, 9.17) is 0 Å². The number of benzene rings is 2. The maximum atomic E-state index is 3.56. The molecule has 2 aliphatic rings. The van der Waals surface area contributed by atoms with E-state index in [1.54, 1.807) is 0 Å². The van der Waals surface area contributed by atoms with Crippen molar-refractivity contribution in [1.29, 1.82) is 0 Å². The standard InChI is InChI=1S/C16H18N2/c1-2-4-14-7-12(5-6-13(14)3-1)10-18-11-15-8-16(18)9-17-15/h1-7,15-17H,8-11H2/t15-,16+/m0/s1. The third kappa shape index (κ3) is 1.73. The topological polar surface area (TPSA) is 15.3 Å². The second-order valence-electron chi connectivity index (χ2n) is 5.61. The van der Waals surface area contributed by atoms with Gasteiger partial charge in [-0.3, -0.25) is 4.90 Å². The number of nitrogens with zero attached hydrogens (tertiary/aromatic N) is 1. The van der Waals surface area contributed by atoms with E-state index in [0.29, 0.717) is 0 Å². The summed E-state index contributed by atoms with van der Waals surface area (Å²) in [7, 11) is 0. The molecule has 0 aromatic heterocycles. The Balaban J connectivity index is 1.59. The van der Waals surface area contributed by atoms with E-state index in [-0.39, 0.29) is 0 Å². The molecule has 2 aromatic carbocycles. The summed E-state index contributed by atoms with van der Waals surface area (Å²) in [5.41, 5.74) is 1.45. The summed E-state index contributed by atoms with van der Waals surface area (Å²) in [4.78, 5) is 2.63. The van der Waals surface area contributed by atoms with Gasteiger partial charge < -0.3 is 5.32 Å². The number of nitrogens with one attached hydrogen (secondary N) is 1. The normalized spacial score (nSPS) is 27.1. The zero-order valence-electron chi connectivity index (χ0n) is 10.5. The smallest absolute Gasteiger partial charge is 0.0240 e. The van der Waals surface area contributed by atoms with Gasteiger partial charge in [0.25, 0.3) is 0 Å². The minimum atomic E-state index is 0.746. The van der Waals surface area contributed by atoms with Gasteiger partial charge in [-0.1, -0.05) is 36.4 Å². The van der Waals surface area contributed by atoms with Crippen molar-refractivity contribution < 1.29 is 0 Å². The second kappa shape index (κ2) is 4.08. The molecule has 2 aromatic rings. The lowest BCUT2D eigenvalue weighted by atomic mass is 10.1. The molecule has 92 valence electrons. The number of fused-ring (bicyclic) bond motifs is 3. The van der Waals surface area contributed by atoms with Gasteiger partial charge in [-0.25, -0.2) is 0 Å². The van der Waals surface area contributed by atoms with E-state index in [2.05, 4.69) is 52.7 Å². The summed E-state index contributed by atoms with van der Waals surface area (Å²) in [5, 5.41) is 6.26. The molecule has 2 heteroatoms. The van der Waals surface area contributed by atoms with E-state index in [1.165, 1.54) is 35.8 Å². The van der Waals surface area contributed by atoms with E-state index in [1.807, 2.05) is 0 Å². The van der Waals surface area contributed by atoms with Crippen molar-refractivity contribution in [2.75, 3.05) is 13.1 Å². The molecule has 0 unspecified atom stereocenters. The Kier molecular flexibility index (Phi) is 2.39. The van der Waals surface area contributed by atoms with Gasteiger partial charge >= 0.3 is 0 Å². The number of rotatable bonds is 2. The molecule has 2 fully saturated rings. The molecule has 1 N–H and O–H groups in total. The zero-order valence-corrected chi connectivity index (χ0v) is 10.5. The summed E-state index contributed by atoms with van der Waals surface area (Å²) in [5.74, 6) is 0. The summed E-state index contributed by atoms with van der Waals surface area (Å²) >= 11 is 0. The number of hydrogen-bond acceptors (Lipinski definition) is 2. The number of likely N-dealkylation sites (tertiary alicyclic amines) is 1. The van der Waals surface area contributed by atoms with Crippen molar-refractivity contribution in [3.05, 3.63) is 48.0 Å². The van der Waals surface area contributed by atoms with Crippen LogP contribution in [0.25, 0.3) is 10.8 Å². The van der Waals surface area contributed by atoms with Crippen molar-refractivity contribution in [2.24, 2.45) is 0 Å². The van der Waals surface area contributed by atoms with Crippen LogP contribution in [0.2, 0.25) is 0 Å². The third-order valence-electron chi connectivity index (χ3n) is 4.37. The largest absolute Gasteiger partial charge is 0.311 e. The maximum absolute atomic E-state index is 3.56. The van der Waals surface area contributed by atoms with Crippen LogP contribution < -0.4 is 5.32 Å². The van der Waals surface area contributed by atoms with Crippen molar-refractivity contribution in [2.45, 2.75) is 25.0 Å². The molecule has 2 heterocycles.